The molecular weight excluding hydrogens is 294 g/mol. The number of amides is 1. The predicted octanol–water partition coefficient (Wildman–Crippen LogP) is 1.92. The Hall–Kier alpha value is -2.34. The van der Waals surface area contributed by atoms with Gasteiger partial charge in [-0.1, -0.05) is 12.8 Å². The second kappa shape index (κ2) is 6.42. The summed E-state index contributed by atoms with van der Waals surface area (Å²) in [5.74, 6) is 0.526. The highest BCUT2D eigenvalue weighted by Crippen LogP contribution is 2.29. The minimum Gasteiger partial charge on any atom is -0.497 e. The Labute approximate surface area is 135 Å². The zero-order chi connectivity index (χ0) is 16.3. The number of benzene rings is 1. The average Bonchev–Trinajstić information content (AvgIpc) is 3.25. The third-order valence-corrected chi connectivity index (χ3v) is 4.40. The first-order valence-corrected chi connectivity index (χ1v) is 7.79. The summed E-state index contributed by atoms with van der Waals surface area (Å²) in [6.07, 6.45) is 5.43. The van der Waals surface area contributed by atoms with E-state index in [9.17, 15) is 9.90 Å². The number of ether oxygens (including phenoxy) is 1. The summed E-state index contributed by atoms with van der Waals surface area (Å²) in [5, 5.41) is 16.9. The maximum absolute atomic E-state index is 12.4. The van der Waals surface area contributed by atoms with Gasteiger partial charge in [0.15, 0.2) is 5.69 Å². The van der Waals surface area contributed by atoms with Gasteiger partial charge in [0.05, 0.1) is 24.9 Å². The maximum Gasteiger partial charge on any atom is 0.272 e. The smallest absolute Gasteiger partial charge is 0.272 e. The van der Waals surface area contributed by atoms with E-state index in [-0.39, 0.29) is 12.5 Å². The van der Waals surface area contributed by atoms with E-state index < -0.39 is 5.54 Å². The van der Waals surface area contributed by atoms with Crippen molar-refractivity contribution in [2.45, 2.75) is 31.2 Å². The molecule has 0 radical (unpaired) electrons. The molecule has 0 saturated heterocycles. The Morgan fingerprint density at radius 3 is 2.61 bits per heavy atom. The maximum atomic E-state index is 12.4. The van der Waals surface area contributed by atoms with Crippen LogP contribution in [0.1, 0.15) is 36.2 Å². The highest BCUT2D eigenvalue weighted by atomic mass is 16.5. The normalized spacial score (nSPS) is 16.3. The Bertz CT molecular complexity index is 673. The number of carbonyl (C=O) groups excluding carboxylic acids is 1. The van der Waals surface area contributed by atoms with E-state index >= 15 is 0 Å². The molecule has 6 heteroatoms. The Morgan fingerprint density at radius 2 is 2.00 bits per heavy atom. The van der Waals surface area contributed by atoms with E-state index in [0.717, 1.165) is 37.1 Å². The van der Waals surface area contributed by atoms with E-state index in [1.807, 2.05) is 24.3 Å². The number of aliphatic hydroxyl groups is 1. The molecule has 23 heavy (non-hydrogen) atoms. The highest BCUT2D eigenvalue weighted by Gasteiger charge is 2.35. The van der Waals surface area contributed by atoms with Crippen LogP contribution >= 0.6 is 0 Å². The lowest BCUT2D eigenvalue weighted by Gasteiger charge is -2.27. The lowest BCUT2D eigenvalue weighted by molar-refractivity contribution is 0.0833. The van der Waals surface area contributed by atoms with Gasteiger partial charge in [0, 0.05) is 6.20 Å². The van der Waals surface area contributed by atoms with Crippen LogP contribution in [0.15, 0.2) is 36.5 Å². The van der Waals surface area contributed by atoms with Gasteiger partial charge in [0.25, 0.3) is 5.91 Å². The van der Waals surface area contributed by atoms with E-state index in [0.29, 0.717) is 5.69 Å². The van der Waals surface area contributed by atoms with Crippen molar-refractivity contribution >= 4 is 5.91 Å². The molecule has 1 fully saturated rings. The second-order valence-electron chi connectivity index (χ2n) is 5.94. The number of nitrogens with one attached hydrogen (secondary N) is 1. The number of hydrogen-bond acceptors (Lipinski definition) is 4. The fourth-order valence-electron chi connectivity index (χ4n) is 3.00. The zero-order valence-corrected chi connectivity index (χ0v) is 13.2. The summed E-state index contributed by atoms with van der Waals surface area (Å²) in [7, 11) is 1.62. The van der Waals surface area contributed by atoms with Gasteiger partial charge in [0.1, 0.15) is 5.75 Å². The summed E-state index contributed by atoms with van der Waals surface area (Å²) in [6, 6.07) is 9.12. The first-order valence-electron chi connectivity index (χ1n) is 7.79. The number of methoxy groups -OCH3 is 1. The highest BCUT2D eigenvalue weighted by molar-refractivity contribution is 5.92. The van der Waals surface area contributed by atoms with Crippen molar-refractivity contribution in [3.05, 3.63) is 42.2 Å². The number of aliphatic hydroxyl groups excluding tert-OH is 1. The van der Waals surface area contributed by atoms with E-state index in [4.69, 9.17) is 4.74 Å². The van der Waals surface area contributed by atoms with Gasteiger partial charge in [-0.2, -0.15) is 5.10 Å². The third-order valence-electron chi connectivity index (χ3n) is 4.40. The Kier molecular flexibility index (Phi) is 4.34. The van der Waals surface area contributed by atoms with Gasteiger partial charge in [-0.25, -0.2) is 4.68 Å². The molecule has 122 valence electrons. The molecule has 1 heterocycles. The van der Waals surface area contributed by atoms with E-state index in [1.54, 1.807) is 24.1 Å². The van der Waals surface area contributed by atoms with Gasteiger partial charge < -0.3 is 15.2 Å². The largest absolute Gasteiger partial charge is 0.497 e. The van der Waals surface area contributed by atoms with Gasteiger partial charge in [0.2, 0.25) is 0 Å². The van der Waals surface area contributed by atoms with E-state index in [1.165, 1.54) is 0 Å². The molecule has 1 aromatic heterocycles. The molecule has 0 unspecified atom stereocenters. The molecule has 0 spiro atoms. The fourth-order valence-corrected chi connectivity index (χ4v) is 3.00. The molecule has 1 aromatic carbocycles. The van der Waals surface area contributed by atoms with Crippen molar-refractivity contribution in [1.29, 1.82) is 0 Å². The molecular formula is C17H21N3O3. The molecule has 6 nitrogen and oxygen atoms in total. The van der Waals surface area contributed by atoms with Crippen LogP contribution in [0.2, 0.25) is 0 Å². The van der Waals surface area contributed by atoms with Crippen molar-refractivity contribution in [1.82, 2.24) is 15.1 Å². The lowest BCUT2D eigenvalue weighted by Crippen LogP contribution is -2.49. The van der Waals surface area contributed by atoms with Crippen molar-refractivity contribution in [2.75, 3.05) is 13.7 Å². The summed E-state index contributed by atoms with van der Waals surface area (Å²) < 4.78 is 6.78. The van der Waals surface area contributed by atoms with Crippen LogP contribution in [0.3, 0.4) is 0 Å². The number of hydrogen-bond donors (Lipinski definition) is 2. The summed E-state index contributed by atoms with van der Waals surface area (Å²) in [4.78, 5) is 12.4. The minimum absolute atomic E-state index is 0.0298. The summed E-state index contributed by atoms with van der Waals surface area (Å²) in [6.45, 7) is -0.0298. The summed E-state index contributed by atoms with van der Waals surface area (Å²) in [5.41, 5.74) is 0.712. The number of aromatic nitrogens is 2. The molecule has 0 bridgehead atoms. The van der Waals surface area contributed by atoms with Crippen molar-refractivity contribution in [3.63, 3.8) is 0 Å². The second-order valence-corrected chi connectivity index (χ2v) is 5.94. The first-order chi connectivity index (χ1) is 11.2. The molecule has 1 saturated carbocycles. The van der Waals surface area contributed by atoms with Gasteiger partial charge in [-0.05, 0) is 43.2 Å². The standard InChI is InChI=1S/C17H21N3O3/c1-23-14-6-4-13(5-7-14)20-11-8-15(19-20)16(22)18-17(12-21)9-2-3-10-17/h4-8,11,21H,2-3,9-10,12H2,1H3,(H,18,22). The van der Waals surface area contributed by atoms with Crippen LogP contribution < -0.4 is 10.1 Å². The molecule has 0 atom stereocenters. The van der Waals surface area contributed by atoms with Crippen LogP contribution in [0.5, 0.6) is 5.75 Å². The van der Waals surface area contributed by atoms with Crippen LogP contribution in [0.25, 0.3) is 5.69 Å². The van der Waals surface area contributed by atoms with Gasteiger partial charge in [-0.3, -0.25) is 4.79 Å². The Balaban J connectivity index is 1.74. The van der Waals surface area contributed by atoms with Crippen LogP contribution in [0.4, 0.5) is 0 Å². The monoisotopic (exact) mass is 315 g/mol. The number of carbonyl (C=O) groups is 1. The van der Waals surface area contributed by atoms with Gasteiger partial charge in [-0.15, -0.1) is 0 Å². The average molecular weight is 315 g/mol. The van der Waals surface area contributed by atoms with Crippen LogP contribution in [-0.2, 0) is 0 Å². The molecule has 0 aliphatic heterocycles. The molecule has 3 rings (SSSR count). The Morgan fingerprint density at radius 1 is 1.30 bits per heavy atom. The molecule has 1 aliphatic carbocycles. The van der Waals surface area contributed by atoms with Crippen LogP contribution in [-0.4, -0.2) is 40.0 Å². The quantitative estimate of drug-likeness (QED) is 0.884. The predicted molar refractivity (Wildman–Crippen MR) is 85.9 cm³/mol. The lowest BCUT2D eigenvalue weighted by atomic mass is 9.99. The number of nitrogens with zero attached hydrogens (tertiary/aromatic N) is 2. The van der Waals surface area contributed by atoms with Crippen molar-refractivity contribution in [2.24, 2.45) is 0 Å². The fraction of sp³-hybridized carbons (Fsp3) is 0.412. The minimum atomic E-state index is -0.485. The van der Waals surface area contributed by atoms with Crippen molar-refractivity contribution in [3.8, 4) is 11.4 Å². The molecule has 2 N–H and O–H groups in total. The first kappa shape index (κ1) is 15.6. The van der Waals surface area contributed by atoms with E-state index in [2.05, 4.69) is 10.4 Å². The zero-order valence-electron chi connectivity index (χ0n) is 13.2. The van der Waals surface area contributed by atoms with Crippen molar-refractivity contribution < 1.29 is 14.6 Å². The number of rotatable bonds is 5. The molecule has 2 aromatic rings. The molecule has 1 aliphatic rings. The third kappa shape index (κ3) is 3.22. The van der Waals surface area contributed by atoms with Gasteiger partial charge >= 0.3 is 0 Å². The molecule has 1 amide bonds. The van der Waals surface area contributed by atoms with Crippen LogP contribution in [0, 0.1) is 0 Å². The summed E-state index contributed by atoms with van der Waals surface area (Å²) >= 11 is 0. The SMILES string of the molecule is COc1ccc(-n2ccc(C(=O)NC3(CO)CCCC3)n2)cc1. The topological polar surface area (TPSA) is 76.4 Å².